The number of ether oxygens (including phenoxy) is 3. The summed E-state index contributed by atoms with van der Waals surface area (Å²) in [4.78, 5) is 12.3. The normalized spacial score (nSPS) is 26.9. The molecule has 0 saturated carbocycles. The third kappa shape index (κ3) is 11.8. The molecule has 0 radical (unpaired) electrons. The van der Waals surface area contributed by atoms with E-state index in [9.17, 15) is 4.79 Å². The summed E-state index contributed by atoms with van der Waals surface area (Å²) in [5.41, 5.74) is 1.00. The molecular weight excluding hydrogens is 496 g/mol. The van der Waals surface area contributed by atoms with Crippen LogP contribution >= 0.6 is 0 Å². The smallest absolute Gasteiger partial charge is 0.306 e. The predicted molar refractivity (Wildman–Crippen MR) is 166 cm³/mol. The number of carbonyl (C=O) groups excluding carboxylic acids is 1. The van der Waals surface area contributed by atoms with Gasteiger partial charge in [0.15, 0.2) is 0 Å². The second kappa shape index (κ2) is 18.6. The van der Waals surface area contributed by atoms with Crippen LogP contribution in [0.1, 0.15) is 84.5 Å². The van der Waals surface area contributed by atoms with Gasteiger partial charge in [0.1, 0.15) is 18.3 Å². The van der Waals surface area contributed by atoms with Crippen LogP contribution in [-0.4, -0.2) is 37.0 Å². The Bertz CT molecular complexity index is 986. The van der Waals surface area contributed by atoms with E-state index in [1.165, 1.54) is 12.0 Å². The second-order valence-electron chi connectivity index (χ2n) is 10.8. The van der Waals surface area contributed by atoms with E-state index in [-0.39, 0.29) is 24.8 Å². The summed E-state index contributed by atoms with van der Waals surface area (Å²) in [6, 6.07) is 0. The third-order valence-corrected chi connectivity index (χ3v) is 7.59. The van der Waals surface area contributed by atoms with Gasteiger partial charge < -0.3 is 14.2 Å². The zero-order chi connectivity index (χ0) is 28.3. The van der Waals surface area contributed by atoms with Crippen molar-refractivity contribution in [3.63, 3.8) is 0 Å². The molecule has 0 amide bonds. The van der Waals surface area contributed by atoms with E-state index in [0.717, 1.165) is 51.4 Å². The van der Waals surface area contributed by atoms with Crippen molar-refractivity contribution in [1.29, 1.82) is 0 Å². The average Bonchev–Trinajstić information content (AvgIpc) is 3.74. The topological polar surface area (TPSA) is 48.1 Å². The van der Waals surface area contributed by atoms with Crippen LogP contribution in [0.3, 0.4) is 0 Å². The molecule has 1 fully saturated rings. The lowest BCUT2D eigenvalue weighted by atomic mass is 9.82. The predicted octanol–water partition coefficient (Wildman–Crippen LogP) is 8.85. The van der Waals surface area contributed by atoms with Crippen LogP contribution in [0.2, 0.25) is 0 Å². The largest absolute Gasteiger partial charge is 0.463 e. The molecule has 4 nitrogen and oxygen atoms in total. The number of epoxide rings is 1. The van der Waals surface area contributed by atoms with Crippen molar-refractivity contribution < 1.29 is 19.0 Å². The van der Waals surface area contributed by atoms with Crippen molar-refractivity contribution in [2.45, 2.75) is 102 Å². The van der Waals surface area contributed by atoms with Crippen molar-refractivity contribution >= 4 is 5.97 Å². The summed E-state index contributed by atoms with van der Waals surface area (Å²) in [5.74, 6) is 0.228. The first-order valence-corrected chi connectivity index (χ1v) is 15.4. The number of hydrogen-bond donors (Lipinski definition) is 0. The summed E-state index contributed by atoms with van der Waals surface area (Å²) >= 11 is 0. The molecule has 0 aromatic heterocycles. The Labute approximate surface area is 242 Å². The number of rotatable bonds is 17. The van der Waals surface area contributed by atoms with E-state index in [0.29, 0.717) is 25.4 Å². The Morgan fingerprint density at radius 2 is 1.50 bits per heavy atom. The highest BCUT2D eigenvalue weighted by atomic mass is 16.6. The van der Waals surface area contributed by atoms with Crippen LogP contribution in [0, 0.1) is 5.92 Å². The molecule has 2 aliphatic heterocycles. The van der Waals surface area contributed by atoms with Crippen molar-refractivity contribution in [2.24, 2.45) is 5.92 Å². The number of hydrogen-bond acceptors (Lipinski definition) is 4. The molecule has 1 unspecified atom stereocenters. The number of carbonyl (C=O) groups is 1. The SMILES string of the molecule is CC/C=C\C/C=C\C/C=C\C/C=C\C/C=C\C/C=C\CCC(=O)OC[C@H]1O[C@H](C2CCCC=C2C)C=C[C@@]12CO2. The summed E-state index contributed by atoms with van der Waals surface area (Å²) in [7, 11) is 0. The highest BCUT2D eigenvalue weighted by Gasteiger charge is 2.54. The fraction of sp³-hybridized carbons (Fsp3) is 0.528. The average molecular weight is 547 g/mol. The van der Waals surface area contributed by atoms with Gasteiger partial charge in [-0.25, -0.2) is 0 Å². The molecule has 0 N–H and O–H groups in total. The molecule has 218 valence electrons. The third-order valence-electron chi connectivity index (χ3n) is 7.59. The van der Waals surface area contributed by atoms with Gasteiger partial charge in [-0.2, -0.15) is 0 Å². The summed E-state index contributed by atoms with van der Waals surface area (Å²) in [5, 5.41) is 0. The van der Waals surface area contributed by atoms with Gasteiger partial charge in [-0.15, -0.1) is 0 Å². The van der Waals surface area contributed by atoms with Crippen molar-refractivity contribution in [3.05, 3.63) is 96.7 Å². The Kier molecular flexibility index (Phi) is 14.8. The van der Waals surface area contributed by atoms with Crippen LogP contribution in [-0.2, 0) is 19.0 Å². The lowest BCUT2D eigenvalue weighted by molar-refractivity contribution is -0.152. The molecule has 0 aromatic rings. The van der Waals surface area contributed by atoms with Gasteiger partial charge in [0.2, 0.25) is 0 Å². The highest BCUT2D eigenvalue weighted by Crippen LogP contribution is 2.41. The lowest BCUT2D eigenvalue weighted by Gasteiger charge is -2.36. The molecule has 3 aliphatic rings. The van der Waals surface area contributed by atoms with Gasteiger partial charge in [-0.3, -0.25) is 4.79 Å². The van der Waals surface area contributed by atoms with Crippen LogP contribution in [0.15, 0.2) is 96.7 Å². The first-order valence-electron chi connectivity index (χ1n) is 15.4. The first kappa shape index (κ1) is 31.8. The van der Waals surface area contributed by atoms with Crippen molar-refractivity contribution in [1.82, 2.24) is 0 Å². The van der Waals surface area contributed by atoms with Gasteiger partial charge in [0.05, 0.1) is 12.7 Å². The highest BCUT2D eigenvalue weighted by molar-refractivity contribution is 5.69. The van der Waals surface area contributed by atoms with Gasteiger partial charge in [0, 0.05) is 12.3 Å². The Balaban J connectivity index is 1.21. The molecule has 1 aliphatic carbocycles. The minimum atomic E-state index is -0.399. The minimum Gasteiger partial charge on any atom is -0.463 e. The fourth-order valence-corrected chi connectivity index (χ4v) is 5.04. The molecule has 4 atom stereocenters. The Morgan fingerprint density at radius 3 is 2.05 bits per heavy atom. The summed E-state index contributed by atoms with van der Waals surface area (Å²) in [6.07, 6.45) is 43.1. The molecule has 1 spiro atoms. The maximum atomic E-state index is 12.3. The van der Waals surface area contributed by atoms with E-state index in [1.807, 2.05) is 0 Å². The quantitative estimate of drug-likeness (QED) is 0.104. The first-order chi connectivity index (χ1) is 19.6. The molecule has 40 heavy (non-hydrogen) atoms. The van der Waals surface area contributed by atoms with Gasteiger partial charge in [-0.1, -0.05) is 97.6 Å². The zero-order valence-corrected chi connectivity index (χ0v) is 24.7. The van der Waals surface area contributed by atoms with Crippen LogP contribution in [0.4, 0.5) is 0 Å². The van der Waals surface area contributed by atoms with E-state index in [2.05, 4.69) is 105 Å². The fourth-order valence-electron chi connectivity index (χ4n) is 5.04. The van der Waals surface area contributed by atoms with Crippen LogP contribution < -0.4 is 0 Å². The number of esters is 1. The van der Waals surface area contributed by atoms with Gasteiger partial charge in [0.25, 0.3) is 0 Å². The summed E-state index contributed by atoms with van der Waals surface area (Å²) < 4.78 is 17.7. The molecule has 3 rings (SSSR count). The van der Waals surface area contributed by atoms with E-state index >= 15 is 0 Å². The lowest BCUT2D eigenvalue weighted by Crippen LogP contribution is -2.44. The molecule has 4 heteroatoms. The monoisotopic (exact) mass is 546 g/mol. The van der Waals surface area contributed by atoms with Crippen LogP contribution in [0.5, 0.6) is 0 Å². The minimum absolute atomic E-state index is 0.0361. The Morgan fingerprint density at radius 1 is 0.925 bits per heavy atom. The molecule has 0 aromatic carbocycles. The molecule has 2 heterocycles. The molecule has 1 saturated heterocycles. The van der Waals surface area contributed by atoms with Crippen molar-refractivity contribution in [3.8, 4) is 0 Å². The van der Waals surface area contributed by atoms with Crippen molar-refractivity contribution in [2.75, 3.05) is 13.2 Å². The zero-order valence-electron chi connectivity index (χ0n) is 24.7. The standard InChI is InChI=1S/C36H50O4/c1-3-4-5-6-7-8-9-10-11-12-13-14-15-16-17-18-19-20-21-26-35(37)38-29-34-36(30-39-36)28-27-33(40-34)32-25-23-22-24-31(32)2/h4-5,7-8,10-11,13-14,16-17,19-20,24,27-28,32-34H,3,6,9,12,15,18,21-23,25-26,29-30H2,1-2H3/b5-4-,8-7-,11-10-,14-13-,17-16-,20-19-/t32?,33-,34+,36+/m0/s1. The molecular formula is C36H50O4. The van der Waals surface area contributed by atoms with E-state index in [1.54, 1.807) is 0 Å². The second-order valence-corrected chi connectivity index (χ2v) is 10.8. The molecule has 0 bridgehead atoms. The van der Waals surface area contributed by atoms with E-state index < -0.39 is 5.60 Å². The van der Waals surface area contributed by atoms with Gasteiger partial charge in [-0.05, 0) is 77.2 Å². The Hall–Kier alpha value is -2.69. The maximum Gasteiger partial charge on any atom is 0.306 e. The number of allylic oxidation sites excluding steroid dienone is 13. The van der Waals surface area contributed by atoms with Crippen LogP contribution in [0.25, 0.3) is 0 Å². The van der Waals surface area contributed by atoms with E-state index in [4.69, 9.17) is 14.2 Å². The summed E-state index contributed by atoms with van der Waals surface area (Å²) in [6.45, 7) is 5.24. The maximum absolute atomic E-state index is 12.3. The van der Waals surface area contributed by atoms with Gasteiger partial charge >= 0.3 is 5.97 Å².